The first-order valence-electron chi connectivity index (χ1n) is 5.12. The van der Waals surface area contributed by atoms with E-state index in [1.54, 1.807) is 23.2 Å². The first-order valence-corrected chi connectivity index (χ1v) is 6.06. The maximum absolute atomic E-state index is 12.1. The predicted octanol–water partition coefficient (Wildman–Crippen LogP) is 2.92. The lowest BCUT2D eigenvalue weighted by atomic mass is 10.1. The van der Waals surface area contributed by atoms with Crippen LogP contribution in [0.2, 0.25) is 0 Å². The van der Waals surface area contributed by atoms with Crippen LogP contribution in [0.15, 0.2) is 47.4 Å². The minimum absolute atomic E-state index is 0.0567. The van der Waals surface area contributed by atoms with Gasteiger partial charge >= 0.3 is 0 Å². The van der Waals surface area contributed by atoms with Gasteiger partial charge in [-0.2, -0.15) is 0 Å². The van der Waals surface area contributed by atoms with Gasteiger partial charge < -0.3 is 0 Å². The smallest absolute Gasteiger partial charge is 0.212 e. The Labute approximate surface area is 102 Å². The van der Waals surface area contributed by atoms with Gasteiger partial charge in [0.15, 0.2) is 0 Å². The van der Waals surface area contributed by atoms with E-state index in [4.69, 9.17) is 0 Å². The van der Waals surface area contributed by atoms with Crippen LogP contribution in [-0.2, 0) is 0 Å². The Balaban J connectivity index is 2.09. The van der Waals surface area contributed by atoms with Crippen molar-refractivity contribution in [3.05, 3.63) is 58.7 Å². The van der Waals surface area contributed by atoms with Crippen LogP contribution in [-0.4, -0.2) is 15.8 Å². The highest BCUT2D eigenvalue weighted by molar-refractivity contribution is 7.07. The average molecular weight is 240 g/mol. The van der Waals surface area contributed by atoms with Crippen LogP contribution in [0, 0.1) is 0 Å². The van der Waals surface area contributed by atoms with E-state index in [9.17, 15) is 4.79 Å². The molecule has 3 nitrogen and oxygen atoms in total. The fraction of sp³-hybridized carbons (Fsp3) is 0. The summed E-state index contributed by atoms with van der Waals surface area (Å²) in [6.45, 7) is 0. The van der Waals surface area contributed by atoms with Gasteiger partial charge in [0, 0.05) is 22.5 Å². The zero-order chi connectivity index (χ0) is 11.7. The van der Waals surface area contributed by atoms with E-state index in [2.05, 4.69) is 9.97 Å². The van der Waals surface area contributed by atoms with Crippen LogP contribution in [0.3, 0.4) is 0 Å². The van der Waals surface area contributed by atoms with Gasteiger partial charge in [-0.3, -0.25) is 9.78 Å². The van der Waals surface area contributed by atoms with Crippen LogP contribution >= 0.6 is 11.3 Å². The molecule has 0 aliphatic carbocycles. The van der Waals surface area contributed by atoms with Crippen molar-refractivity contribution in [1.82, 2.24) is 9.97 Å². The quantitative estimate of drug-likeness (QED) is 0.647. The maximum atomic E-state index is 12.1. The third-order valence-corrected chi connectivity index (χ3v) is 3.12. The van der Waals surface area contributed by atoms with Gasteiger partial charge in [-0.1, -0.05) is 18.2 Å². The van der Waals surface area contributed by atoms with Crippen molar-refractivity contribution in [1.29, 1.82) is 0 Å². The minimum Gasteiger partial charge on any atom is -0.287 e. The SMILES string of the molecule is O=C(c1ccc2cccnc2c1)c1cscn1. The van der Waals surface area contributed by atoms with Crippen molar-refractivity contribution in [3.8, 4) is 0 Å². The zero-order valence-corrected chi connectivity index (χ0v) is 9.65. The Morgan fingerprint density at radius 3 is 2.94 bits per heavy atom. The molecule has 0 atom stereocenters. The van der Waals surface area contributed by atoms with Crippen LogP contribution in [0.4, 0.5) is 0 Å². The van der Waals surface area contributed by atoms with Gasteiger partial charge in [0.2, 0.25) is 5.78 Å². The van der Waals surface area contributed by atoms with Crippen LogP contribution in [0.1, 0.15) is 16.1 Å². The highest BCUT2D eigenvalue weighted by atomic mass is 32.1. The molecule has 2 aromatic heterocycles. The van der Waals surface area contributed by atoms with Gasteiger partial charge in [-0.05, 0) is 12.1 Å². The Morgan fingerprint density at radius 1 is 1.18 bits per heavy atom. The van der Waals surface area contributed by atoms with Crippen LogP contribution in [0.25, 0.3) is 10.9 Å². The van der Waals surface area contributed by atoms with E-state index in [0.717, 1.165) is 10.9 Å². The molecule has 1 aromatic carbocycles. The highest BCUT2D eigenvalue weighted by Gasteiger charge is 2.11. The number of nitrogens with zero attached hydrogens (tertiary/aromatic N) is 2. The van der Waals surface area contributed by atoms with Crippen molar-refractivity contribution in [2.75, 3.05) is 0 Å². The van der Waals surface area contributed by atoms with Crippen molar-refractivity contribution in [2.24, 2.45) is 0 Å². The second kappa shape index (κ2) is 4.07. The van der Waals surface area contributed by atoms with E-state index in [0.29, 0.717) is 11.3 Å². The van der Waals surface area contributed by atoms with Gasteiger partial charge in [0.05, 0.1) is 11.0 Å². The van der Waals surface area contributed by atoms with E-state index >= 15 is 0 Å². The molecule has 0 unspecified atom stereocenters. The number of carbonyl (C=O) groups excluding carboxylic acids is 1. The summed E-state index contributed by atoms with van der Waals surface area (Å²) in [7, 11) is 0. The van der Waals surface area contributed by atoms with Gasteiger partial charge in [-0.15, -0.1) is 11.3 Å². The number of thiazole rings is 1. The van der Waals surface area contributed by atoms with E-state index in [1.807, 2.05) is 24.3 Å². The minimum atomic E-state index is -0.0567. The summed E-state index contributed by atoms with van der Waals surface area (Å²) in [5.41, 5.74) is 3.60. The number of hydrogen-bond acceptors (Lipinski definition) is 4. The van der Waals surface area contributed by atoms with Crippen molar-refractivity contribution < 1.29 is 4.79 Å². The molecule has 0 fully saturated rings. The lowest BCUT2D eigenvalue weighted by Gasteiger charge is -2.00. The predicted molar refractivity (Wildman–Crippen MR) is 67.3 cm³/mol. The fourth-order valence-corrected chi connectivity index (χ4v) is 2.21. The lowest BCUT2D eigenvalue weighted by molar-refractivity contribution is 0.103. The molecule has 0 N–H and O–H groups in total. The monoisotopic (exact) mass is 240 g/mol. The van der Waals surface area contributed by atoms with Crippen LogP contribution < -0.4 is 0 Å². The number of fused-ring (bicyclic) bond motifs is 1. The Hall–Kier alpha value is -2.07. The summed E-state index contributed by atoms with van der Waals surface area (Å²) < 4.78 is 0. The molecule has 0 aliphatic heterocycles. The zero-order valence-electron chi connectivity index (χ0n) is 8.83. The third kappa shape index (κ3) is 1.83. The van der Waals surface area contributed by atoms with E-state index in [1.165, 1.54) is 11.3 Å². The number of rotatable bonds is 2. The van der Waals surface area contributed by atoms with E-state index < -0.39 is 0 Å². The number of aromatic nitrogens is 2. The molecule has 0 amide bonds. The standard InChI is InChI=1S/C13H8N2OS/c16-13(12-7-17-8-15-12)10-4-3-9-2-1-5-14-11(9)6-10/h1-8H. The number of ketones is 1. The molecule has 0 spiro atoms. The second-order valence-corrected chi connectivity index (χ2v) is 4.33. The largest absolute Gasteiger partial charge is 0.287 e. The first kappa shape index (κ1) is 10.1. The van der Waals surface area contributed by atoms with Crippen molar-refractivity contribution in [2.45, 2.75) is 0 Å². The topological polar surface area (TPSA) is 42.9 Å². The molecule has 3 aromatic rings. The van der Waals surface area contributed by atoms with Gasteiger partial charge in [-0.25, -0.2) is 4.98 Å². The second-order valence-electron chi connectivity index (χ2n) is 3.61. The van der Waals surface area contributed by atoms with E-state index in [-0.39, 0.29) is 5.78 Å². The van der Waals surface area contributed by atoms with Crippen molar-refractivity contribution >= 4 is 28.0 Å². The number of hydrogen-bond donors (Lipinski definition) is 0. The van der Waals surface area contributed by atoms with Crippen LogP contribution in [0.5, 0.6) is 0 Å². The van der Waals surface area contributed by atoms with Crippen molar-refractivity contribution in [3.63, 3.8) is 0 Å². The molecule has 3 rings (SSSR count). The fourth-order valence-electron chi connectivity index (χ4n) is 1.68. The molecule has 0 saturated carbocycles. The van der Waals surface area contributed by atoms with Gasteiger partial charge in [0.1, 0.15) is 5.69 Å². The number of pyridine rings is 1. The molecule has 0 bridgehead atoms. The Bertz CT molecular complexity index is 677. The molecule has 0 radical (unpaired) electrons. The first-order chi connectivity index (χ1) is 8.34. The lowest BCUT2D eigenvalue weighted by Crippen LogP contribution is -2.01. The molecule has 82 valence electrons. The molecule has 0 saturated heterocycles. The maximum Gasteiger partial charge on any atom is 0.212 e. The summed E-state index contributed by atoms with van der Waals surface area (Å²) in [5.74, 6) is -0.0567. The number of benzene rings is 1. The molecule has 0 aliphatic rings. The molecular formula is C13H8N2OS. The molecule has 17 heavy (non-hydrogen) atoms. The molecule has 4 heteroatoms. The summed E-state index contributed by atoms with van der Waals surface area (Å²) >= 11 is 1.42. The highest BCUT2D eigenvalue weighted by Crippen LogP contribution is 2.16. The summed E-state index contributed by atoms with van der Waals surface area (Å²) in [6.07, 6.45) is 1.72. The molecular weight excluding hydrogens is 232 g/mol. The summed E-state index contributed by atoms with van der Waals surface area (Å²) in [5, 5.41) is 2.78. The summed E-state index contributed by atoms with van der Waals surface area (Å²) in [6, 6.07) is 9.37. The summed E-state index contributed by atoms with van der Waals surface area (Å²) in [4.78, 5) is 20.3. The number of carbonyl (C=O) groups is 1. The molecule has 2 heterocycles. The third-order valence-electron chi connectivity index (χ3n) is 2.53. The Morgan fingerprint density at radius 2 is 2.12 bits per heavy atom. The average Bonchev–Trinajstić information content (AvgIpc) is 2.91. The van der Waals surface area contributed by atoms with Gasteiger partial charge in [0.25, 0.3) is 0 Å². The Kier molecular flexibility index (Phi) is 2.42. The normalized spacial score (nSPS) is 10.6.